The Labute approximate surface area is 193 Å². The van der Waals surface area contributed by atoms with Crippen molar-refractivity contribution in [2.75, 3.05) is 13.2 Å². The highest BCUT2D eigenvalue weighted by molar-refractivity contribution is 5.84. The number of alkyl carbamates (subject to hydrolysis) is 1. The molecule has 2 amide bonds. The van der Waals surface area contributed by atoms with Crippen LogP contribution in [0.5, 0.6) is 0 Å². The van der Waals surface area contributed by atoms with Gasteiger partial charge in [-0.1, -0.05) is 55.5 Å². The molecule has 7 heteroatoms. The predicted molar refractivity (Wildman–Crippen MR) is 124 cm³/mol. The topological polar surface area (TPSA) is 95.9 Å². The number of benzene rings is 2. The summed E-state index contributed by atoms with van der Waals surface area (Å²) in [6.07, 6.45) is 1.35. The van der Waals surface area contributed by atoms with Gasteiger partial charge in [-0.15, -0.1) is 0 Å². The third-order valence-corrected chi connectivity index (χ3v) is 6.46. The van der Waals surface area contributed by atoms with Crippen LogP contribution < -0.4 is 5.32 Å². The molecule has 0 saturated heterocycles. The summed E-state index contributed by atoms with van der Waals surface area (Å²) in [6, 6.07) is 15.5. The molecule has 0 radical (unpaired) electrons. The first-order chi connectivity index (χ1) is 15.9. The molecular formula is C26H30N2O5. The Morgan fingerprint density at radius 3 is 2.15 bits per heavy atom. The van der Waals surface area contributed by atoms with Gasteiger partial charge in [0, 0.05) is 24.9 Å². The van der Waals surface area contributed by atoms with Crippen molar-refractivity contribution in [1.29, 1.82) is 0 Å². The van der Waals surface area contributed by atoms with Crippen LogP contribution in [0.25, 0.3) is 11.1 Å². The van der Waals surface area contributed by atoms with Crippen molar-refractivity contribution < 1.29 is 24.2 Å². The number of hydrogen-bond acceptors (Lipinski definition) is 4. The second kappa shape index (κ2) is 9.65. The number of rotatable bonds is 9. The highest BCUT2D eigenvalue weighted by atomic mass is 16.5. The molecule has 0 aromatic heterocycles. The lowest BCUT2D eigenvalue weighted by Gasteiger charge is -2.27. The lowest BCUT2D eigenvalue weighted by molar-refractivity contribution is -0.150. The van der Waals surface area contributed by atoms with Crippen LogP contribution in [0.2, 0.25) is 0 Å². The Morgan fingerprint density at radius 1 is 1.03 bits per heavy atom. The van der Waals surface area contributed by atoms with Gasteiger partial charge in [0.25, 0.3) is 0 Å². The van der Waals surface area contributed by atoms with Crippen LogP contribution >= 0.6 is 0 Å². The second-order valence-corrected chi connectivity index (χ2v) is 9.06. The van der Waals surface area contributed by atoms with Gasteiger partial charge in [-0.05, 0) is 47.9 Å². The molecule has 2 atom stereocenters. The molecule has 1 fully saturated rings. The van der Waals surface area contributed by atoms with E-state index < -0.39 is 18.1 Å². The van der Waals surface area contributed by atoms with Crippen LogP contribution in [0.4, 0.5) is 4.79 Å². The van der Waals surface area contributed by atoms with E-state index in [2.05, 4.69) is 29.6 Å². The largest absolute Gasteiger partial charge is 0.480 e. The molecule has 1 saturated carbocycles. The maximum Gasteiger partial charge on any atom is 0.407 e. The minimum Gasteiger partial charge on any atom is -0.480 e. The van der Waals surface area contributed by atoms with Crippen molar-refractivity contribution in [3.8, 4) is 11.1 Å². The van der Waals surface area contributed by atoms with Crippen LogP contribution in [-0.4, -0.2) is 53.2 Å². The number of carbonyl (C=O) groups excluding carboxylic acids is 2. The van der Waals surface area contributed by atoms with Crippen molar-refractivity contribution in [2.24, 2.45) is 5.92 Å². The maximum absolute atomic E-state index is 12.7. The van der Waals surface area contributed by atoms with Gasteiger partial charge in [-0.3, -0.25) is 4.79 Å². The number of nitrogens with one attached hydrogen (secondary N) is 1. The first-order valence-corrected chi connectivity index (χ1v) is 11.5. The molecule has 0 spiro atoms. The smallest absolute Gasteiger partial charge is 0.407 e. The Kier molecular flexibility index (Phi) is 6.67. The molecule has 2 N–H and O–H groups in total. The summed E-state index contributed by atoms with van der Waals surface area (Å²) >= 11 is 0. The lowest BCUT2D eigenvalue weighted by atomic mass is 9.98. The van der Waals surface area contributed by atoms with Gasteiger partial charge < -0.3 is 20.1 Å². The molecular weight excluding hydrogens is 420 g/mol. The van der Waals surface area contributed by atoms with Crippen molar-refractivity contribution in [3.63, 3.8) is 0 Å². The first-order valence-electron chi connectivity index (χ1n) is 11.5. The van der Waals surface area contributed by atoms with Crippen LogP contribution in [-0.2, 0) is 14.3 Å². The molecule has 0 aliphatic heterocycles. The van der Waals surface area contributed by atoms with E-state index in [0.29, 0.717) is 0 Å². The first kappa shape index (κ1) is 22.8. The molecule has 174 valence electrons. The van der Waals surface area contributed by atoms with E-state index in [1.54, 1.807) is 0 Å². The van der Waals surface area contributed by atoms with Crippen LogP contribution in [0.1, 0.15) is 50.2 Å². The predicted octanol–water partition coefficient (Wildman–Crippen LogP) is 4.02. The number of hydrogen-bond donors (Lipinski definition) is 2. The summed E-state index contributed by atoms with van der Waals surface area (Å²) in [4.78, 5) is 37.9. The van der Waals surface area contributed by atoms with E-state index in [9.17, 15) is 19.5 Å². The molecule has 2 unspecified atom stereocenters. The van der Waals surface area contributed by atoms with Gasteiger partial charge in [-0.2, -0.15) is 0 Å². The number of carboxylic acids is 1. The molecule has 4 rings (SSSR count). The number of fused-ring (bicyclic) bond motifs is 3. The fraction of sp³-hybridized carbons (Fsp3) is 0.423. The molecule has 2 aliphatic carbocycles. The minimum atomic E-state index is -1.00. The van der Waals surface area contributed by atoms with Crippen molar-refractivity contribution in [3.05, 3.63) is 59.7 Å². The Balaban J connectivity index is 1.28. The van der Waals surface area contributed by atoms with E-state index >= 15 is 0 Å². The third-order valence-electron chi connectivity index (χ3n) is 6.46. The zero-order valence-corrected chi connectivity index (χ0v) is 19.0. The Bertz CT molecular complexity index is 1000. The average molecular weight is 451 g/mol. The standard InChI is InChI=1S/C26H30N2O5/c1-16(13-24(29)28(18-11-12-18)17(2)25(30)31)14-27-26(32)33-15-23-21-9-5-3-7-19(21)20-8-4-6-10-22(20)23/h3-10,16-18,23H,11-15H2,1-2H3,(H,27,32)(H,30,31). The number of carbonyl (C=O) groups is 3. The van der Waals surface area contributed by atoms with Crippen LogP contribution in [0.3, 0.4) is 0 Å². The van der Waals surface area contributed by atoms with Gasteiger partial charge in [0.15, 0.2) is 0 Å². The normalized spacial score (nSPS) is 16.3. The van der Waals surface area contributed by atoms with E-state index in [4.69, 9.17) is 4.74 Å². The summed E-state index contributed by atoms with van der Waals surface area (Å²) < 4.78 is 5.54. The Morgan fingerprint density at radius 2 is 1.61 bits per heavy atom. The van der Waals surface area contributed by atoms with Gasteiger partial charge in [0.05, 0.1) is 0 Å². The number of amides is 2. The van der Waals surface area contributed by atoms with Gasteiger partial charge in [0.1, 0.15) is 12.6 Å². The van der Waals surface area contributed by atoms with Gasteiger partial charge in [-0.25, -0.2) is 9.59 Å². The summed E-state index contributed by atoms with van der Waals surface area (Å²) in [5.41, 5.74) is 4.64. The van der Waals surface area contributed by atoms with Crippen LogP contribution in [0.15, 0.2) is 48.5 Å². The summed E-state index contributed by atoms with van der Waals surface area (Å²) in [7, 11) is 0. The van der Waals surface area contributed by atoms with Crippen molar-refractivity contribution in [2.45, 2.75) is 51.1 Å². The lowest BCUT2D eigenvalue weighted by Crippen LogP contribution is -2.45. The molecule has 0 bridgehead atoms. The number of ether oxygens (including phenoxy) is 1. The van der Waals surface area contributed by atoms with Gasteiger partial charge >= 0.3 is 12.1 Å². The van der Waals surface area contributed by atoms with E-state index in [1.807, 2.05) is 31.2 Å². The Hall–Kier alpha value is -3.35. The summed E-state index contributed by atoms with van der Waals surface area (Å²) in [5.74, 6) is -1.33. The van der Waals surface area contributed by atoms with Crippen molar-refractivity contribution in [1.82, 2.24) is 10.2 Å². The molecule has 2 aromatic rings. The van der Waals surface area contributed by atoms with E-state index in [0.717, 1.165) is 24.0 Å². The van der Waals surface area contributed by atoms with E-state index in [-0.39, 0.29) is 43.4 Å². The quantitative estimate of drug-likeness (QED) is 0.602. The van der Waals surface area contributed by atoms with E-state index in [1.165, 1.54) is 23.0 Å². The summed E-state index contributed by atoms with van der Waals surface area (Å²) in [5, 5.41) is 12.0. The number of nitrogens with zero attached hydrogens (tertiary/aromatic N) is 1. The van der Waals surface area contributed by atoms with Crippen LogP contribution in [0, 0.1) is 5.92 Å². The fourth-order valence-corrected chi connectivity index (χ4v) is 4.59. The average Bonchev–Trinajstić information content (AvgIpc) is 3.58. The summed E-state index contributed by atoms with van der Waals surface area (Å²) in [6.45, 7) is 3.91. The SMILES string of the molecule is CC(CNC(=O)OCC1c2ccccc2-c2ccccc21)CC(=O)N(C1CC1)C(C)C(=O)O. The fourth-order valence-electron chi connectivity index (χ4n) is 4.59. The number of aliphatic carboxylic acids is 1. The zero-order chi connectivity index (χ0) is 23.5. The molecule has 33 heavy (non-hydrogen) atoms. The molecule has 2 aromatic carbocycles. The minimum absolute atomic E-state index is 0.00763. The van der Waals surface area contributed by atoms with Crippen molar-refractivity contribution >= 4 is 18.0 Å². The highest BCUT2D eigenvalue weighted by Crippen LogP contribution is 2.44. The zero-order valence-electron chi connectivity index (χ0n) is 19.0. The molecule has 2 aliphatic rings. The molecule has 7 nitrogen and oxygen atoms in total. The second-order valence-electron chi connectivity index (χ2n) is 9.06. The molecule has 0 heterocycles. The van der Waals surface area contributed by atoms with Gasteiger partial charge in [0.2, 0.25) is 5.91 Å². The number of carboxylic acid groups (broad SMARTS) is 1. The monoisotopic (exact) mass is 450 g/mol. The maximum atomic E-state index is 12.7. The highest BCUT2D eigenvalue weighted by Gasteiger charge is 2.38. The third kappa shape index (κ3) is 5.02.